The third-order valence-corrected chi connectivity index (χ3v) is 4.03. The Morgan fingerprint density at radius 3 is 2.94 bits per heavy atom. The summed E-state index contributed by atoms with van der Waals surface area (Å²) in [7, 11) is 1.60. The van der Waals surface area contributed by atoms with Gasteiger partial charge < -0.3 is 9.84 Å². The van der Waals surface area contributed by atoms with Crippen molar-refractivity contribution in [1.82, 2.24) is 4.37 Å². The normalized spacial score (nSPS) is 10.6. The Morgan fingerprint density at radius 2 is 2.28 bits per heavy atom. The number of aliphatic hydroxyl groups is 1. The fraction of sp³-hybridized carbons (Fsp3) is 0.308. The van der Waals surface area contributed by atoms with E-state index >= 15 is 0 Å². The number of thioether (sulfide) groups is 1. The first-order valence-electron chi connectivity index (χ1n) is 5.51. The number of aromatic nitrogens is 1. The highest BCUT2D eigenvalue weighted by atomic mass is 32.2. The molecule has 96 valence electrons. The first kappa shape index (κ1) is 13.4. The van der Waals surface area contributed by atoms with Crippen molar-refractivity contribution < 1.29 is 9.84 Å². The lowest BCUT2D eigenvalue weighted by atomic mass is 10.0. The second-order valence-corrected chi connectivity index (χ2v) is 5.51. The molecule has 0 bridgehead atoms. The number of nitrogens with zero attached hydrogens (tertiary/aromatic N) is 1. The Labute approximate surface area is 115 Å². The van der Waals surface area contributed by atoms with Crippen molar-refractivity contribution >= 4 is 23.3 Å². The maximum atomic E-state index is 9.37. The molecule has 0 aliphatic heterocycles. The van der Waals surface area contributed by atoms with E-state index in [1.54, 1.807) is 18.9 Å². The molecule has 0 saturated heterocycles. The number of methoxy groups -OCH3 is 1. The number of hydrogen-bond donors (Lipinski definition) is 1. The topological polar surface area (TPSA) is 42.4 Å². The van der Waals surface area contributed by atoms with Crippen LogP contribution < -0.4 is 4.74 Å². The van der Waals surface area contributed by atoms with Gasteiger partial charge in [-0.15, -0.1) is 0 Å². The zero-order chi connectivity index (χ0) is 13.0. The molecular formula is C13H15NO2S2. The van der Waals surface area contributed by atoms with Crippen molar-refractivity contribution in [2.24, 2.45) is 0 Å². The first-order valence-corrected chi connectivity index (χ1v) is 7.68. The number of rotatable bonds is 5. The number of benzene rings is 1. The second-order valence-electron chi connectivity index (χ2n) is 3.78. The van der Waals surface area contributed by atoms with E-state index in [0.717, 1.165) is 21.8 Å². The third-order valence-electron chi connectivity index (χ3n) is 2.60. The lowest BCUT2D eigenvalue weighted by molar-refractivity contribution is 0.285. The minimum absolute atomic E-state index is 0.0108. The highest BCUT2D eigenvalue weighted by Gasteiger charge is 2.15. The van der Waals surface area contributed by atoms with Crippen LogP contribution in [0, 0.1) is 0 Å². The van der Waals surface area contributed by atoms with Crippen LogP contribution in [0.2, 0.25) is 0 Å². The predicted molar refractivity (Wildman–Crippen MR) is 77.2 cm³/mol. The van der Waals surface area contributed by atoms with Crippen molar-refractivity contribution in [2.75, 3.05) is 13.4 Å². The summed E-state index contributed by atoms with van der Waals surface area (Å²) in [6, 6.07) is 8.28. The monoisotopic (exact) mass is 281 g/mol. The van der Waals surface area contributed by atoms with E-state index in [9.17, 15) is 5.11 Å². The van der Waals surface area contributed by atoms with Crippen molar-refractivity contribution in [3.8, 4) is 17.0 Å². The summed E-state index contributed by atoms with van der Waals surface area (Å²) in [5, 5.41) is 9.37. The summed E-state index contributed by atoms with van der Waals surface area (Å²) in [6.45, 7) is -0.0108. The molecule has 0 aliphatic carbocycles. The minimum atomic E-state index is -0.0108. The van der Waals surface area contributed by atoms with Crippen molar-refractivity contribution in [2.45, 2.75) is 12.4 Å². The predicted octanol–water partition coefficient (Wildman–Crippen LogP) is 3.17. The molecule has 0 fully saturated rings. The van der Waals surface area contributed by atoms with Crippen LogP contribution in [0.5, 0.6) is 5.88 Å². The van der Waals surface area contributed by atoms with Gasteiger partial charge in [0.15, 0.2) is 0 Å². The van der Waals surface area contributed by atoms with E-state index in [1.165, 1.54) is 17.1 Å². The molecule has 1 aromatic heterocycles. The van der Waals surface area contributed by atoms with E-state index in [2.05, 4.69) is 22.8 Å². The molecule has 18 heavy (non-hydrogen) atoms. The van der Waals surface area contributed by atoms with Crippen molar-refractivity contribution in [3.05, 3.63) is 34.7 Å². The SMILES string of the molecule is COc1nsc(CO)c1-c1cccc(CSC)c1. The fourth-order valence-electron chi connectivity index (χ4n) is 1.82. The molecule has 0 amide bonds. The van der Waals surface area contributed by atoms with E-state index in [0.29, 0.717) is 5.88 Å². The van der Waals surface area contributed by atoms with Crippen molar-refractivity contribution in [1.29, 1.82) is 0 Å². The molecule has 2 aromatic rings. The maximum absolute atomic E-state index is 9.37. The maximum Gasteiger partial charge on any atom is 0.233 e. The summed E-state index contributed by atoms with van der Waals surface area (Å²) in [5.74, 6) is 1.56. The quantitative estimate of drug-likeness (QED) is 0.914. The average molecular weight is 281 g/mol. The number of aliphatic hydroxyl groups excluding tert-OH is 1. The highest BCUT2D eigenvalue weighted by molar-refractivity contribution is 7.97. The van der Waals surface area contributed by atoms with Gasteiger partial charge in [0.1, 0.15) is 0 Å². The summed E-state index contributed by atoms with van der Waals surface area (Å²) in [5.41, 5.74) is 3.22. The second kappa shape index (κ2) is 6.22. The molecule has 0 aliphatic rings. The zero-order valence-corrected chi connectivity index (χ0v) is 12.0. The van der Waals surface area contributed by atoms with Crippen LogP contribution in [0.1, 0.15) is 10.4 Å². The Bertz CT molecular complexity index is 504. The van der Waals surface area contributed by atoms with E-state index in [4.69, 9.17) is 4.74 Å². The standard InChI is InChI=1S/C13H15NO2S2/c1-16-13-12(11(7-15)18-14-13)10-5-3-4-9(6-10)8-17-2/h3-6,15H,7-8H2,1-2H3. The Kier molecular flexibility index (Phi) is 4.63. The van der Waals surface area contributed by atoms with E-state index < -0.39 is 0 Å². The number of ether oxygens (including phenoxy) is 1. The Hall–Kier alpha value is -1.04. The Morgan fingerprint density at radius 1 is 1.44 bits per heavy atom. The van der Waals surface area contributed by atoms with Gasteiger partial charge in [0, 0.05) is 5.75 Å². The van der Waals surface area contributed by atoms with E-state index in [1.807, 2.05) is 12.1 Å². The average Bonchev–Trinajstić information content (AvgIpc) is 2.82. The van der Waals surface area contributed by atoms with Gasteiger partial charge in [-0.3, -0.25) is 0 Å². The molecule has 0 unspecified atom stereocenters. The molecule has 3 nitrogen and oxygen atoms in total. The molecule has 5 heteroatoms. The van der Waals surface area contributed by atoms with Gasteiger partial charge in [0.2, 0.25) is 5.88 Å². The van der Waals surface area contributed by atoms with Crippen LogP contribution in [-0.4, -0.2) is 22.8 Å². The van der Waals surface area contributed by atoms with Gasteiger partial charge >= 0.3 is 0 Å². The molecule has 1 N–H and O–H groups in total. The van der Waals surface area contributed by atoms with Crippen LogP contribution in [-0.2, 0) is 12.4 Å². The van der Waals surface area contributed by atoms with Crippen LogP contribution in [0.15, 0.2) is 24.3 Å². The summed E-state index contributed by atoms with van der Waals surface area (Å²) in [6.07, 6.45) is 2.08. The van der Waals surface area contributed by atoms with Gasteiger partial charge in [-0.1, -0.05) is 24.3 Å². The molecule has 1 heterocycles. The molecule has 0 radical (unpaired) electrons. The molecule has 2 rings (SSSR count). The molecular weight excluding hydrogens is 266 g/mol. The van der Waals surface area contributed by atoms with Crippen LogP contribution in [0.4, 0.5) is 0 Å². The molecule has 0 atom stereocenters. The highest BCUT2D eigenvalue weighted by Crippen LogP contribution is 2.36. The number of hydrogen-bond acceptors (Lipinski definition) is 5. The lowest BCUT2D eigenvalue weighted by Gasteiger charge is -2.06. The van der Waals surface area contributed by atoms with Crippen LogP contribution in [0.3, 0.4) is 0 Å². The molecule has 1 aromatic carbocycles. The van der Waals surface area contributed by atoms with Crippen LogP contribution in [0.25, 0.3) is 11.1 Å². The molecule has 0 saturated carbocycles. The molecule has 0 spiro atoms. The van der Waals surface area contributed by atoms with Crippen LogP contribution >= 0.6 is 23.3 Å². The zero-order valence-electron chi connectivity index (χ0n) is 10.3. The van der Waals surface area contributed by atoms with Crippen molar-refractivity contribution in [3.63, 3.8) is 0 Å². The fourth-order valence-corrected chi connectivity index (χ4v) is 3.05. The lowest BCUT2D eigenvalue weighted by Crippen LogP contribution is -1.90. The van der Waals surface area contributed by atoms with Gasteiger partial charge in [-0.25, -0.2) is 0 Å². The third kappa shape index (κ3) is 2.68. The van der Waals surface area contributed by atoms with Gasteiger partial charge in [-0.2, -0.15) is 16.1 Å². The van der Waals surface area contributed by atoms with E-state index in [-0.39, 0.29) is 6.61 Å². The van der Waals surface area contributed by atoms with Gasteiger partial charge in [-0.05, 0) is 28.9 Å². The largest absolute Gasteiger partial charge is 0.480 e. The van der Waals surface area contributed by atoms with Gasteiger partial charge in [0.05, 0.1) is 24.2 Å². The minimum Gasteiger partial charge on any atom is -0.480 e. The first-order chi connectivity index (χ1) is 8.80. The van der Waals surface area contributed by atoms with Gasteiger partial charge in [0.25, 0.3) is 0 Å². The Balaban J connectivity index is 2.46. The summed E-state index contributed by atoms with van der Waals surface area (Å²) < 4.78 is 9.48. The summed E-state index contributed by atoms with van der Waals surface area (Å²) >= 11 is 3.07. The smallest absolute Gasteiger partial charge is 0.233 e. The summed E-state index contributed by atoms with van der Waals surface area (Å²) in [4.78, 5) is 0.841.